The number of benzene rings is 3. The Balaban J connectivity index is 1.84. The van der Waals surface area contributed by atoms with Gasteiger partial charge in [-0.3, -0.25) is 4.79 Å². The van der Waals surface area contributed by atoms with Crippen LogP contribution in [0.4, 0.5) is 5.69 Å². The van der Waals surface area contributed by atoms with E-state index >= 15 is 0 Å². The lowest BCUT2D eigenvalue weighted by atomic mass is 9.57. The zero-order valence-corrected chi connectivity index (χ0v) is 20.9. The molecule has 0 fully saturated rings. The fourth-order valence-electron chi connectivity index (χ4n) is 5.63. The molecule has 1 aliphatic heterocycles. The van der Waals surface area contributed by atoms with Gasteiger partial charge < -0.3 is 9.64 Å². The molecule has 0 saturated carbocycles. The molecule has 36 heavy (non-hydrogen) atoms. The molecule has 0 unspecified atom stereocenters. The second kappa shape index (κ2) is 8.78. The van der Waals surface area contributed by atoms with Gasteiger partial charge in [-0.1, -0.05) is 76.6 Å². The number of amides is 1. The molecular formula is C29H20BrN3O3. The lowest BCUT2D eigenvalue weighted by Gasteiger charge is -2.38. The Kier molecular flexibility index (Phi) is 5.74. The van der Waals surface area contributed by atoms with Gasteiger partial charge in [-0.15, -0.1) is 0 Å². The molecule has 2 aliphatic rings. The maximum atomic E-state index is 14.7. The third-order valence-electron chi connectivity index (χ3n) is 7.08. The summed E-state index contributed by atoms with van der Waals surface area (Å²) in [6.45, 7) is 0.254. The number of halogens is 1. The first-order valence-electron chi connectivity index (χ1n) is 11.3. The minimum absolute atomic E-state index is 0.114. The summed E-state index contributed by atoms with van der Waals surface area (Å²) in [7, 11) is 1.25. The van der Waals surface area contributed by atoms with Gasteiger partial charge in [0.2, 0.25) is 5.91 Å². The molecule has 1 amide bonds. The molecule has 0 radical (unpaired) electrons. The van der Waals surface area contributed by atoms with E-state index in [0.29, 0.717) is 16.8 Å². The van der Waals surface area contributed by atoms with E-state index in [-0.39, 0.29) is 12.1 Å². The zero-order chi connectivity index (χ0) is 25.5. The number of allylic oxidation sites excluding steroid dienone is 1. The van der Waals surface area contributed by atoms with Crippen molar-refractivity contribution in [2.45, 2.75) is 17.9 Å². The zero-order valence-electron chi connectivity index (χ0n) is 19.3. The van der Waals surface area contributed by atoms with E-state index in [0.717, 1.165) is 10.0 Å². The molecule has 7 heteroatoms. The molecule has 5 rings (SSSR count). The lowest BCUT2D eigenvalue weighted by molar-refractivity contribution is -0.136. The SMILES string of the molecule is COC(=O)C1=CC(C#N)(C#N)[C@]2(C(=O)N(Cc3ccccc3)c3ccccc32)[C@@H]1c1cccc(Br)c1. The summed E-state index contributed by atoms with van der Waals surface area (Å²) < 4.78 is 5.83. The topological polar surface area (TPSA) is 94.2 Å². The van der Waals surface area contributed by atoms with Crippen LogP contribution < -0.4 is 4.90 Å². The predicted octanol–water partition coefficient (Wildman–Crippen LogP) is 5.16. The monoisotopic (exact) mass is 537 g/mol. The molecule has 0 saturated heterocycles. The smallest absolute Gasteiger partial charge is 0.334 e. The highest BCUT2D eigenvalue weighted by molar-refractivity contribution is 9.10. The van der Waals surface area contributed by atoms with Gasteiger partial charge in [0.25, 0.3) is 0 Å². The average Bonchev–Trinajstić information content (AvgIpc) is 3.36. The maximum Gasteiger partial charge on any atom is 0.334 e. The molecule has 0 bridgehead atoms. The van der Waals surface area contributed by atoms with Gasteiger partial charge >= 0.3 is 5.97 Å². The maximum absolute atomic E-state index is 14.7. The second-order valence-electron chi connectivity index (χ2n) is 8.81. The Morgan fingerprint density at radius 1 is 1.03 bits per heavy atom. The number of fused-ring (bicyclic) bond motifs is 2. The van der Waals surface area contributed by atoms with Gasteiger partial charge in [-0.25, -0.2) is 4.79 Å². The molecule has 1 aliphatic carbocycles. The fourth-order valence-corrected chi connectivity index (χ4v) is 6.05. The van der Waals surface area contributed by atoms with Crippen LogP contribution >= 0.6 is 15.9 Å². The van der Waals surface area contributed by atoms with E-state index in [1.54, 1.807) is 29.2 Å². The van der Waals surface area contributed by atoms with E-state index in [2.05, 4.69) is 28.1 Å². The van der Waals surface area contributed by atoms with Gasteiger partial charge in [-0.05, 0) is 41.0 Å². The van der Waals surface area contributed by atoms with E-state index in [4.69, 9.17) is 4.74 Å². The van der Waals surface area contributed by atoms with Crippen molar-refractivity contribution in [1.29, 1.82) is 10.5 Å². The van der Waals surface area contributed by atoms with Crippen LogP contribution in [0.5, 0.6) is 0 Å². The molecule has 1 spiro atoms. The number of carbonyl (C=O) groups is 2. The number of nitrogens with zero attached hydrogens (tertiary/aromatic N) is 3. The van der Waals surface area contributed by atoms with Gasteiger partial charge in [0.15, 0.2) is 5.41 Å². The molecule has 1 heterocycles. The minimum atomic E-state index is -1.94. The first kappa shape index (κ1) is 23.5. The molecule has 0 aromatic heterocycles. The lowest BCUT2D eigenvalue weighted by Crippen LogP contribution is -2.52. The van der Waals surface area contributed by atoms with E-state index in [1.165, 1.54) is 13.2 Å². The summed E-state index contributed by atoms with van der Waals surface area (Å²) in [4.78, 5) is 29.4. The van der Waals surface area contributed by atoms with Crippen molar-refractivity contribution in [2.24, 2.45) is 5.41 Å². The number of rotatable bonds is 4. The molecule has 176 valence electrons. The van der Waals surface area contributed by atoms with Crippen molar-refractivity contribution in [1.82, 2.24) is 0 Å². The highest BCUT2D eigenvalue weighted by Gasteiger charge is 2.72. The Labute approximate surface area is 217 Å². The number of carbonyl (C=O) groups excluding carboxylic acids is 2. The fraction of sp³-hybridized carbons (Fsp3) is 0.172. The van der Waals surface area contributed by atoms with E-state index in [1.807, 2.05) is 54.6 Å². The minimum Gasteiger partial charge on any atom is -0.466 e. The third kappa shape index (κ3) is 3.13. The van der Waals surface area contributed by atoms with Crippen LogP contribution in [0, 0.1) is 28.1 Å². The van der Waals surface area contributed by atoms with Gasteiger partial charge in [0, 0.05) is 21.7 Å². The Morgan fingerprint density at radius 2 is 1.72 bits per heavy atom. The number of anilines is 1. The Hall–Kier alpha value is -4.20. The van der Waals surface area contributed by atoms with Crippen molar-refractivity contribution in [3.63, 3.8) is 0 Å². The molecule has 3 aromatic carbocycles. The molecular weight excluding hydrogens is 518 g/mol. The summed E-state index contributed by atoms with van der Waals surface area (Å²) >= 11 is 3.48. The molecule has 0 N–H and O–H groups in total. The molecule has 3 aromatic rings. The summed E-state index contributed by atoms with van der Waals surface area (Å²) in [5.74, 6) is -2.01. The normalized spacial score (nSPS) is 21.4. The number of ether oxygens (including phenoxy) is 1. The predicted molar refractivity (Wildman–Crippen MR) is 136 cm³/mol. The van der Waals surface area contributed by atoms with Gasteiger partial charge in [-0.2, -0.15) is 10.5 Å². The van der Waals surface area contributed by atoms with Gasteiger partial charge in [0.05, 0.1) is 25.8 Å². The van der Waals surface area contributed by atoms with Crippen LogP contribution in [0.1, 0.15) is 22.6 Å². The van der Waals surface area contributed by atoms with Crippen molar-refractivity contribution < 1.29 is 14.3 Å². The highest BCUT2D eigenvalue weighted by atomic mass is 79.9. The van der Waals surface area contributed by atoms with Crippen LogP contribution in [0.3, 0.4) is 0 Å². The standard InChI is InChI=1S/C29H20BrN3O3/c1-36-26(34)22-15-28(17-31,18-32)29(25(22)20-10-7-11-21(30)14-20)23-12-5-6-13-24(23)33(27(29)35)16-19-8-3-2-4-9-19/h2-15,25H,16H2,1H3/t25-,29+/m1/s1. The third-order valence-corrected chi connectivity index (χ3v) is 7.57. The van der Waals surface area contributed by atoms with E-state index in [9.17, 15) is 20.1 Å². The number of hydrogen-bond acceptors (Lipinski definition) is 5. The van der Waals surface area contributed by atoms with Crippen molar-refractivity contribution in [2.75, 3.05) is 12.0 Å². The average molecular weight is 538 g/mol. The summed E-state index contributed by atoms with van der Waals surface area (Å²) in [5, 5.41) is 21.0. The van der Waals surface area contributed by atoms with Crippen LogP contribution in [0.15, 0.2) is 95.0 Å². The van der Waals surface area contributed by atoms with E-state index < -0.39 is 28.6 Å². The van der Waals surface area contributed by atoms with Crippen LogP contribution in [-0.4, -0.2) is 19.0 Å². The summed E-state index contributed by atoms with van der Waals surface area (Å²) in [5.41, 5.74) is -0.847. The number of para-hydroxylation sites is 1. The number of hydrogen-bond donors (Lipinski definition) is 0. The van der Waals surface area contributed by atoms with Crippen molar-refractivity contribution >= 4 is 33.5 Å². The van der Waals surface area contributed by atoms with Gasteiger partial charge in [0.1, 0.15) is 5.41 Å². The second-order valence-corrected chi connectivity index (χ2v) is 9.73. The molecule has 2 atom stereocenters. The van der Waals surface area contributed by atoms with Crippen LogP contribution in [0.25, 0.3) is 0 Å². The first-order chi connectivity index (χ1) is 17.4. The highest BCUT2D eigenvalue weighted by Crippen LogP contribution is 2.65. The van der Waals surface area contributed by atoms with Crippen molar-refractivity contribution in [3.05, 3.63) is 112 Å². The molecule has 6 nitrogen and oxygen atoms in total. The summed E-state index contributed by atoms with van der Waals surface area (Å²) in [6, 6.07) is 28.2. The number of esters is 1. The first-order valence-corrected chi connectivity index (χ1v) is 12.1. The summed E-state index contributed by atoms with van der Waals surface area (Å²) in [6.07, 6.45) is 1.34. The van der Waals surface area contributed by atoms with Crippen LogP contribution in [0.2, 0.25) is 0 Å². The number of nitriles is 2. The number of methoxy groups -OCH3 is 1. The Morgan fingerprint density at radius 3 is 2.39 bits per heavy atom. The van der Waals surface area contributed by atoms with Crippen LogP contribution in [-0.2, 0) is 26.3 Å². The quantitative estimate of drug-likeness (QED) is 0.428. The Bertz CT molecular complexity index is 1490. The van der Waals surface area contributed by atoms with Crippen molar-refractivity contribution in [3.8, 4) is 12.1 Å². The largest absolute Gasteiger partial charge is 0.466 e.